The Hall–Kier alpha value is -4.17. The monoisotopic (exact) mass is 538 g/mol. The van der Waals surface area contributed by atoms with Crippen molar-refractivity contribution in [3.05, 3.63) is 77.1 Å². The van der Waals surface area contributed by atoms with Crippen molar-refractivity contribution in [3.8, 4) is 6.07 Å². The smallest absolute Gasteiger partial charge is 0.322 e. The van der Waals surface area contributed by atoms with Crippen LogP contribution in [0.4, 0.5) is 24.5 Å². The summed E-state index contributed by atoms with van der Waals surface area (Å²) in [7, 11) is 0. The van der Waals surface area contributed by atoms with Gasteiger partial charge in [0.1, 0.15) is 5.69 Å². The molecular weight excluding hydrogens is 509 g/mol. The number of hydrogen-bond donors (Lipinski definition) is 2. The van der Waals surface area contributed by atoms with Crippen molar-refractivity contribution in [2.75, 3.05) is 23.3 Å². The number of anilines is 2. The normalized spacial score (nSPS) is 17.9. The van der Waals surface area contributed by atoms with Crippen molar-refractivity contribution in [2.24, 2.45) is 11.8 Å². The van der Waals surface area contributed by atoms with Gasteiger partial charge in [0, 0.05) is 24.5 Å². The van der Waals surface area contributed by atoms with Gasteiger partial charge in [-0.25, -0.2) is 0 Å². The molecule has 204 valence electrons. The third kappa shape index (κ3) is 6.29. The lowest BCUT2D eigenvalue weighted by Gasteiger charge is -2.28. The van der Waals surface area contributed by atoms with Gasteiger partial charge in [-0.15, -0.1) is 0 Å². The molecule has 0 radical (unpaired) electrons. The first-order valence-electron chi connectivity index (χ1n) is 12.8. The van der Waals surface area contributed by atoms with Crippen LogP contribution in [-0.2, 0) is 13.1 Å². The van der Waals surface area contributed by atoms with Crippen molar-refractivity contribution in [3.63, 3.8) is 0 Å². The van der Waals surface area contributed by atoms with Gasteiger partial charge in [-0.3, -0.25) is 14.3 Å². The molecule has 11 heteroatoms. The molecule has 1 fully saturated rings. The van der Waals surface area contributed by atoms with Crippen LogP contribution < -0.4 is 15.5 Å². The number of halogens is 3. The highest BCUT2D eigenvalue weighted by Gasteiger charge is 2.55. The Labute approximate surface area is 224 Å². The quantitative estimate of drug-likeness (QED) is 0.442. The van der Waals surface area contributed by atoms with Crippen LogP contribution in [0.15, 0.2) is 54.7 Å². The summed E-state index contributed by atoms with van der Waals surface area (Å²) in [6, 6.07) is 15.7. The fourth-order valence-corrected chi connectivity index (χ4v) is 4.55. The Morgan fingerprint density at radius 2 is 1.90 bits per heavy atom. The van der Waals surface area contributed by atoms with Gasteiger partial charge in [-0.2, -0.15) is 23.5 Å². The number of alkyl halides is 3. The van der Waals surface area contributed by atoms with Crippen LogP contribution in [0.1, 0.15) is 52.2 Å². The van der Waals surface area contributed by atoms with Gasteiger partial charge in [0.15, 0.2) is 0 Å². The van der Waals surface area contributed by atoms with Crippen molar-refractivity contribution in [1.29, 1.82) is 5.26 Å². The van der Waals surface area contributed by atoms with Crippen molar-refractivity contribution < 1.29 is 22.8 Å². The van der Waals surface area contributed by atoms with Gasteiger partial charge in [0.25, 0.3) is 11.8 Å². The predicted molar refractivity (Wildman–Crippen MR) is 140 cm³/mol. The molecule has 2 heterocycles. The molecule has 0 spiro atoms. The Kier molecular flexibility index (Phi) is 8.35. The van der Waals surface area contributed by atoms with E-state index < -0.39 is 18.0 Å². The second-order valence-corrected chi connectivity index (χ2v) is 9.17. The van der Waals surface area contributed by atoms with Crippen LogP contribution in [0.25, 0.3) is 0 Å². The van der Waals surface area contributed by atoms with E-state index in [1.54, 1.807) is 35.2 Å². The molecule has 3 aromatic rings. The topological polar surface area (TPSA) is 103 Å². The number of benzene rings is 2. The van der Waals surface area contributed by atoms with Gasteiger partial charge < -0.3 is 15.5 Å². The highest BCUT2D eigenvalue weighted by atomic mass is 19.4. The van der Waals surface area contributed by atoms with Crippen LogP contribution >= 0.6 is 0 Å². The third-order valence-electron chi connectivity index (χ3n) is 6.64. The predicted octanol–water partition coefficient (Wildman–Crippen LogP) is 4.98. The van der Waals surface area contributed by atoms with E-state index in [2.05, 4.69) is 15.7 Å². The summed E-state index contributed by atoms with van der Waals surface area (Å²) in [5.41, 5.74) is 2.68. The maximum Gasteiger partial charge on any atom is 0.392 e. The van der Waals surface area contributed by atoms with E-state index in [9.17, 15) is 22.8 Å². The van der Waals surface area contributed by atoms with Crippen LogP contribution in [0.3, 0.4) is 0 Å². The molecule has 0 bridgehead atoms. The molecule has 0 saturated heterocycles. The number of carbonyl (C=O) groups excluding carboxylic acids is 2. The molecule has 5 rings (SSSR count). The molecular formula is C28H29F3N6O2. The average Bonchev–Trinajstić information content (AvgIpc) is 3.60. The standard InChI is InChI=1S/C26H23F3N6O2.C2H6/c27-26(28,29)22-11-18(22)14-31-13-16-4-6-20(7-5-16)34-8-9-35-23(25(34)37)21(15-32-35)24(36)33-19-3-1-2-17(10-19)12-30;1-2/h1-7,10,15,18,22,31H,8-9,11,13-14H2,(H,33,36);1-2H3. The zero-order chi connectivity index (χ0) is 28.2. The Bertz CT molecular complexity index is 1380. The maximum absolute atomic E-state index is 13.3. The molecule has 8 nitrogen and oxygen atoms in total. The highest BCUT2D eigenvalue weighted by Crippen LogP contribution is 2.49. The minimum Gasteiger partial charge on any atom is -0.322 e. The molecule has 2 N–H and O–H groups in total. The number of nitriles is 1. The first-order chi connectivity index (χ1) is 18.7. The third-order valence-corrected chi connectivity index (χ3v) is 6.64. The Balaban J connectivity index is 0.00000172. The van der Waals surface area contributed by atoms with Crippen LogP contribution in [0.5, 0.6) is 0 Å². The van der Waals surface area contributed by atoms with E-state index in [1.807, 2.05) is 32.0 Å². The summed E-state index contributed by atoms with van der Waals surface area (Å²) in [5.74, 6) is -2.43. The zero-order valence-corrected chi connectivity index (χ0v) is 21.6. The van der Waals surface area contributed by atoms with E-state index >= 15 is 0 Å². The van der Waals surface area contributed by atoms with Gasteiger partial charge in [0.2, 0.25) is 0 Å². The lowest BCUT2D eigenvalue weighted by atomic mass is 10.1. The maximum atomic E-state index is 13.3. The number of carbonyl (C=O) groups is 2. The van der Waals surface area contributed by atoms with Crippen LogP contribution in [-0.4, -0.2) is 40.9 Å². The van der Waals surface area contributed by atoms with E-state index in [1.165, 1.54) is 16.9 Å². The molecule has 2 aliphatic rings. The zero-order valence-electron chi connectivity index (χ0n) is 21.6. The highest BCUT2D eigenvalue weighted by molar-refractivity contribution is 6.15. The van der Waals surface area contributed by atoms with Crippen LogP contribution in [0, 0.1) is 23.2 Å². The SMILES string of the molecule is CC.N#Cc1cccc(NC(=O)c2cnn3c2C(=O)N(c2ccc(CNCC4CC4C(F)(F)F)cc2)CC3)c1. The first-order valence-corrected chi connectivity index (χ1v) is 12.8. The fraction of sp³-hybridized carbons (Fsp3) is 0.357. The summed E-state index contributed by atoms with van der Waals surface area (Å²) in [4.78, 5) is 27.8. The number of fused-ring (bicyclic) bond motifs is 1. The first kappa shape index (κ1) is 27.9. The molecule has 2 aromatic carbocycles. The van der Waals surface area contributed by atoms with Crippen molar-refractivity contribution >= 4 is 23.2 Å². The summed E-state index contributed by atoms with van der Waals surface area (Å²) in [6.07, 6.45) is -2.58. The fourth-order valence-electron chi connectivity index (χ4n) is 4.55. The molecule has 2 unspecified atom stereocenters. The lowest BCUT2D eigenvalue weighted by molar-refractivity contribution is -0.150. The van der Waals surface area contributed by atoms with Gasteiger partial charge in [-0.1, -0.05) is 32.0 Å². The van der Waals surface area contributed by atoms with Crippen molar-refractivity contribution in [1.82, 2.24) is 15.1 Å². The second-order valence-electron chi connectivity index (χ2n) is 9.17. The molecule has 2 atom stereocenters. The summed E-state index contributed by atoms with van der Waals surface area (Å²) >= 11 is 0. The number of rotatable bonds is 7. The minimum absolute atomic E-state index is 0.134. The summed E-state index contributed by atoms with van der Waals surface area (Å²) in [6.45, 7) is 5.52. The molecule has 1 aliphatic heterocycles. The van der Waals surface area contributed by atoms with Crippen molar-refractivity contribution in [2.45, 2.75) is 39.5 Å². The van der Waals surface area contributed by atoms with Gasteiger partial charge >= 0.3 is 6.18 Å². The lowest BCUT2D eigenvalue weighted by Crippen LogP contribution is -2.41. The largest absolute Gasteiger partial charge is 0.392 e. The number of nitrogens with one attached hydrogen (secondary N) is 2. The van der Waals surface area contributed by atoms with E-state index in [0.29, 0.717) is 43.1 Å². The van der Waals surface area contributed by atoms with Gasteiger partial charge in [0.05, 0.1) is 35.9 Å². The Morgan fingerprint density at radius 1 is 1.15 bits per heavy atom. The number of aromatic nitrogens is 2. The van der Waals surface area contributed by atoms with Gasteiger partial charge in [-0.05, 0) is 54.8 Å². The molecule has 1 aromatic heterocycles. The average molecular weight is 539 g/mol. The summed E-state index contributed by atoms with van der Waals surface area (Å²) in [5, 5.41) is 19.0. The molecule has 1 aliphatic carbocycles. The molecule has 2 amide bonds. The number of amides is 2. The van der Waals surface area contributed by atoms with E-state index in [-0.39, 0.29) is 29.5 Å². The summed E-state index contributed by atoms with van der Waals surface area (Å²) < 4.78 is 39.5. The van der Waals surface area contributed by atoms with Crippen LogP contribution in [0.2, 0.25) is 0 Å². The number of hydrogen-bond acceptors (Lipinski definition) is 5. The minimum atomic E-state index is -4.12. The van der Waals surface area contributed by atoms with E-state index in [4.69, 9.17) is 5.26 Å². The van der Waals surface area contributed by atoms with E-state index in [0.717, 1.165) is 5.56 Å². The number of nitrogens with zero attached hydrogens (tertiary/aromatic N) is 4. The molecule has 1 saturated carbocycles. The molecule has 39 heavy (non-hydrogen) atoms. The second kappa shape index (κ2) is 11.7. The Morgan fingerprint density at radius 3 is 2.56 bits per heavy atom.